The summed E-state index contributed by atoms with van der Waals surface area (Å²) in [4.78, 5) is 29.1. The number of hydrogen-bond acceptors (Lipinski definition) is 5. The van der Waals surface area contributed by atoms with Crippen molar-refractivity contribution in [1.82, 2.24) is 24.9 Å². The van der Waals surface area contributed by atoms with Gasteiger partial charge in [0.1, 0.15) is 0 Å². The van der Waals surface area contributed by atoms with Crippen LogP contribution >= 0.6 is 11.3 Å². The summed E-state index contributed by atoms with van der Waals surface area (Å²) < 4.78 is 1.99. The lowest BCUT2D eigenvalue weighted by molar-refractivity contribution is -0.132. The lowest BCUT2D eigenvalue weighted by atomic mass is 10.2. The number of piperazine rings is 1. The third kappa shape index (κ3) is 3.74. The van der Waals surface area contributed by atoms with Crippen LogP contribution in [0.25, 0.3) is 0 Å². The van der Waals surface area contributed by atoms with Crippen LogP contribution in [-0.2, 0) is 35.6 Å². The highest BCUT2D eigenvalue weighted by Crippen LogP contribution is 2.17. The molecule has 2 aromatic rings. The third-order valence-electron chi connectivity index (χ3n) is 4.61. The van der Waals surface area contributed by atoms with Gasteiger partial charge < -0.3 is 10.2 Å². The summed E-state index contributed by atoms with van der Waals surface area (Å²) in [6.07, 6.45) is 0.474. The van der Waals surface area contributed by atoms with E-state index >= 15 is 0 Å². The van der Waals surface area contributed by atoms with Gasteiger partial charge in [-0.2, -0.15) is 5.10 Å². The first-order chi connectivity index (χ1) is 12.2. The van der Waals surface area contributed by atoms with Crippen molar-refractivity contribution < 1.29 is 9.59 Å². The van der Waals surface area contributed by atoms with Gasteiger partial charge in [-0.3, -0.25) is 19.2 Å². The van der Waals surface area contributed by atoms with Gasteiger partial charge in [-0.15, -0.1) is 11.3 Å². The Hall–Kier alpha value is -2.19. The van der Waals surface area contributed by atoms with Gasteiger partial charge in [0, 0.05) is 31.1 Å². The summed E-state index contributed by atoms with van der Waals surface area (Å²) in [7, 11) is 0. The number of carbonyl (C=O) groups excluding carboxylic acids is 2. The molecule has 1 saturated heterocycles. The summed E-state index contributed by atoms with van der Waals surface area (Å²) in [5.74, 6) is 0.240. The molecule has 2 aliphatic heterocycles. The summed E-state index contributed by atoms with van der Waals surface area (Å²) >= 11 is 1.62. The molecule has 2 aliphatic rings. The summed E-state index contributed by atoms with van der Waals surface area (Å²) in [6, 6.07) is 6.05. The maximum Gasteiger partial charge on any atom is 0.234 e. The van der Waals surface area contributed by atoms with Crippen LogP contribution in [0, 0.1) is 0 Å². The highest BCUT2D eigenvalue weighted by atomic mass is 32.1. The zero-order valence-electron chi connectivity index (χ0n) is 14.0. The SMILES string of the molecule is O=C1CN(Cc2cc3n(n2)CCN(C(=O)Cc2cccs2)C3)CCN1. The van der Waals surface area contributed by atoms with Crippen LogP contribution in [0.15, 0.2) is 23.6 Å². The summed E-state index contributed by atoms with van der Waals surface area (Å²) in [6.45, 7) is 4.68. The predicted molar refractivity (Wildman–Crippen MR) is 94.0 cm³/mol. The lowest BCUT2D eigenvalue weighted by Crippen LogP contribution is -2.47. The van der Waals surface area contributed by atoms with E-state index in [0.717, 1.165) is 29.4 Å². The van der Waals surface area contributed by atoms with Gasteiger partial charge in [-0.05, 0) is 17.5 Å². The standard InChI is InChI=1S/C17H21N5O2S/c23-16-12-20(4-3-18-16)10-13-8-14-11-21(5-6-22(14)19-13)17(24)9-15-2-1-7-25-15/h1-2,7-8H,3-6,9-12H2,(H,18,23). The van der Waals surface area contributed by atoms with Crippen LogP contribution in [0.4, 0.5) is 0 Å². The van der Waals surface area contributed by atoms with Gasteiger partial charge in [0.25, 0.3) is 0 Å². The molecular formula is C17H21N5O2S. The molecule has 25 heavy (non-hydrogen) atoms. The average molecular weight is 359 g/mol. The minimum atomic E-state index is 0.0700. The number of fused-ring (bicyclic) bond motifs is 1. The van der Waals surface area contributed by atoms with E-state index in [1.165, 1.54) is 0 Å². The van der Waals surface area contributed by atoms with Crippen molar-refractivity contribution in [3.63, 3.8) is 0 Å². The molecule has 2 aromatic heterocycles. The minimum Gasteiger partial charge on any atom is -0.354 e. The molecule has 4 rings (SSSR count). The second kappa shape index (κ2) is 6.97. The Balaban J connectivity index is 1.39. The topological polar surface area (TPSA) is 70.5 Å². The zero-order chi connectivity index (χ0) is 17.2. The van der Waals surface area contributed by atoms with Gasteiger partial charge in [0.2, 0.25) is 11.8 Å². The molecule has 0 saturated carbocycles. The molecule has 1 fully saturated rings. The number of aromatic nitrogens is 2. The van der Waals surface area contributed by atoms with E-state index in [9.17, 15) is 9.59 Å². The average Bonchev–Trinajstić information content (AvgIpc) is 3.23. The highest BCUT2D eigenvalue weighted by molar-refractivity contribution is 7.10. The van der Waals surface area contributed by atoms with Crippen LogP contribution in [0.1, 0.15) is 16.3 Å². The fourth-order valence-corrected chi connectivity index (χ4v) is 4.04. The molecule has 1 N–H and O–H groups in total. The van der Waals surface area contributed by atoms with Crippen molar-refractivity contribution in [2.45, 2.75) is 26.1 Å². The van der Waals surface area contributed by atoms with Crippen molar-refractivity contribution in [3.05, 3.63) is 39.8 Å². The molecule has 2 amide bonds. The van der Waals surface area contributed by atoms with Gasteiger partial charge in [0.05, 0.1) is 37.4 Å². The lowest BCUT2D eigenvalue weighted by Gasteiger charge is -2.27. The minimum absolute atomic E-state index is 0.0700. The fraction of sp³-hybridized carbons (Fsp3) is 0.471. The molecule has 0 bridgehead atoms. The molecule has 0 atom stereocenters. The summed E-state index contributed by atoms with van der Waals surface area (Å²) in [5, 5.41) is 9.48. The van der Waals surface area contributed by atoms with Crippen molar-refractivity contribution >= 4 is 23.2 Å². The molecule has 7 nitrogen and oxygen atoms in total. The molecule has 0 radical (unpaired) electrons. The van der Waals surface area contributed by atoms with Crippen LogP contribution in [0.5, 0.6) is 0 Å². The molecular weight excluding hydrogens is 338 g/mol. The largest absolute Gasteiger partial charge is 0.354 e. The van der Waals surface area contributed by atoms with Crippen LogP contribution in [-0.4, -0.2) is 57.6 Å². The first-order valence-electron chi connectivity index (χ1n) is 8.52. The van der Waals surface area contributed by atoms with E-state index in [0.29, 0.717) is 39.1 Å². The number of rotatable bonds is 4. The summed E-state index contributed by atoms with van der Waals surface area (Å²) in [5.41, 5.74) is 2.04. The maximum atomic E-state index is 12.5. The molecule has 0 aliphatic carbocycles. The normalized spacial score (nSPS) is 18.1. The highest BCUT2D eigenvalue weighted by Gasteiger charge is 2.24. The van der Waals surface area contributed by atoms with Crippen molar-refractivity contribution in [2.75, 3.05) is 26.2 Å². The van der Waals surface area contributed by atoms with E-state index in [4.69, 9.17) is 0 Å². The number of nitrogens with one attached hydrogen (secondary N) is 1. The van der Waals surface area contributed by atoms with E-state index in [-0.39, 0.29) is 11.8 Å². The van der Waals surface area contributed by atoms with Crippen LogP contribution in [0.2, 0.25) is 0 Å². The predicted octanol–water partition coefficient (Wildman–Crippen LogP) is 0.461. The Bertz CT molecular complexity index is 770. The van der Waals surface area contributed by atoms with E-state index in [2.05, 4.69) is 21.4 Å². The second-order valence-corrected chi connectivity index (χ2v) is 7.51. The van der Waals surface area contributed by atoms with Crippen LogP contribution in [0.3, 0.4) is 0 Å². The van der Waals surface area contributed by atoms with Gasteiger partial charge >= 0.3 is 0 Å². The quantitative estimate of drug-likeness (QED) is 0.861. The van der Waals surface area contributed by atoms with Gasteiger partial charge in [-0.25, -0.2) is 0 Å². The van der Waals surface area contributed by atoms with Crippen molar-refractivity contribution in [2.24, 2.45) is 0 Å². The Morgan fingerprint density at radius 3 is 3.00 bits per heavy atom. The smallest absolute Gasteiger partial charge is 0.234 e. The number of amides is 2. The first-order valence-corrected chi connectivity index (χ1v) is 9.40. The molecule has 132 valence electrons. The van der Waals surface area contributed by atoms with Crippen LogP contribution < -0.4 is 5.32 Å². The first kappa shape index (κ1) is 16.3. The molecule has 4 heterocycles. The molecule has 0 spiro atoms. The number of thiophene rings is 1. The van der Waals surface area contributed by atoms with Gasteiger partial charge in [-0.1, -0.05) is 6.07 Å². The molecule has 0 unspecified atom stereocenters. The van der Waals surface area contributed by atoms with Crippen molar-refractivity contribution in [3.8, 4) is 0 Å². The van der Waals surface area contributed by atoms with E-state index in [1.807, 2.05) is 27.1 Å². The Labute approximate surface area is 150 Å². The van der Waals surface area contributed by atoms with Gasteiger partial charge in [0.15, 0.2) is 0 Å². The molecule has 0 aromatic carbocycles. The Morgan fingerprint density at radius 2 is 2.20 bits per heavy atom. The number of hydrogen-bond donors (Lipinski definition) is 1. The number of carbonyl (C=O) groups is 2. The van der Waals surface area contributed by atoms with E-state index < -0.39 is 0 Å². The van der Waals surface area contributed by atoms with E-state index in [1.54, 1.807) is 11.3 Å². The molecule has 8 heteroatoms. The maximum absolute atomic E-state index is 12.5. The van der Waals surface area contributed by atoms with Crippen molar-refractivity contribution in [1.29, 1.82) is 0 Å². The Kier molecular flexibility index (Phi) is 4.54. The third-order valence-corrected chi connectivity index (χ3v) is 5.49. The fourth-order valence-electron chi connectivity index (χ4n) is 3.35. The zero-order valence-corrected chi connectivity index (χ0v) is 14.8. The monoisotopic (exact) mass is 359 g/mol. The Morgan fingerprint density at radius 1 is 1.28 bits per heavy atom. The second-order valence-electron chi connectivity index (χ2n) is 6.48. The number of nitrogens with zero attached hydrogens (tertiary/aromatic N) is 4.